The third-order valence-electron chi connectivity index (χ3n) is 5.95. The monoisotopic (exact) mass is 444 g/mol. The van der Waals surface area contributed by atoms with Crippen LogP contribution in [-0.2, 0) is 20.8 Å². The molecule has 0 radical (unpaired) electrons. The number of amides is 1. The van der Waals surface area contributed by atoms with Gasteiger partial charge in [-0.3, -0.25) is 9.59 Å². The van der Waals surface area contributed by atoms with E-state index in [1.807, 2.05) is 33.7 Å². The van der Waals surface area contributed by atoms with E-state index in [4.69, 9.17) is 14.5 Å². The molecule has 1 saturated heterocycles. The molecule has 8 heteroatoms. The van der Waals surface area contributed by atoms with Crippen LogP contribution in [-0.4, -0.2) is 72.8 Å². The number of imidazole rings is 1. The molecule has 8 nitrogen and oxygen atoms in total. The SMILES string of the molecule is COCCCCn1c(C(=O)N(CC(C)C)C2CNC[C@H](C(=O)OC)C2)nc2ccccc21. The highest BCUT2D eigenvalue weighted by molar-refractivity contribution is 5.95. The van der Waals surface area contributed by atoms with E-state index in [-0.39, 0.29) is 29.8 Å². The minimum absolute atomic E-state index is 0.0843. The largest absolute Gasteiger partial charge is 0.469 e. The average Bonchev–Trinajstić information content (AvgIpc) is 3.18. The lowest BCUT2D eigenvalue weighted by Gasteiger charge is -2.38. The first-order valence-electron chi connectivity index (χ1n) is 11.5. The first-order chi connectivity index (χ1) is 15.5. The van der Waals surface area contributed by atoms with Crippen LogP contribution < -0.4 is 5.32 Å². The number of fused-ring (bicyclic) bond motifs is 1. The van der Waals surface area contributed by atoms with Crippen LogP contribution in [0.5, 0.6) is 0 Å². The molecule has 1 unspecified atom stereocenters. The summed E-state index contributed by atoms with van der Waals surface area (Å²) in [7, 11) is 3.11. The van der Waals surface area contributed by atoms with Crippen LogP contribution in [0.3, 0.4) is 0 Å². The predicted octanol–water partition coefficient (Wildman–Crippen LogP) is 2.71. The summed E-state index contributed by atoms with van der Waals surface area (Å²) >= 11 is 0. The van der Waals surface area contributed by atoms with Crippen molar-refractivity contribution in [3.63, 3.8) is 0 Å². The predicted molar refractivity (Wildman–Crippen MR) is 123 cm³/mol. The first-order valence-corrected chi connectivity index (χ1v) is 11.5. The van der Waals surface area contributed by atoms with Gasteiger partial charge in [0.2, 0.25) is 0 Å². The van der Waals surface area contributed by atoms with Crippen LogP contribution in [0.4, 0.5) is 0 Å². The molecule has 1 aliphatic rings. The Bertz CT molecular complexity index is 911. The summed E-state index contributed by atoms with van der Waals surface area (Å²) in [4.78, 5) is 32.7. The number of piperidine rings is 1. The zero-order chi connectivity index (χ0) is 23.1. The van der Waals surface area contributed by atoms with Gasteiger partial charge in [-0.1, -0.05) is 26.0 Å². The van der Waals surface area contributed by atoms with Gasteiger partial charge in [-0.05, 0) is 37.3 Å². The van der Waals surface area contributed by atoms with Gasteiger partial charge >= 0.3 is 5.97 Å². The van der Waals surface area contributed by atoms with Crippen molar-refractivity contribution in [2.45, 2.75) is 45.7 Å². The molecule has 32 heavy (non-hydrogen) atoms. The minimum Gasteiger partial charge on any atom is -0.469 e. The molecule has 1 fully saturated rings. The number of nitrogens with zero attached hydrogens (tertiary/aromatic N) is 3. The molecule has 0 bridgehead atoms. The topological polar surface area (TPSA) is 85.7 Å². The van der Waals surface area contributed by atoms with E-state index in [1.54, 1.807) is 7.11 Å². The van der Waals surface area contributed by atoms with E-state index in [9.17, 15) is 9.59 Å². The molecule has 3 rings (SSSR count). The van der Waals surface area contributed by atoms with Crippen LogP contribution in [0.1, 0.15) is 43.7 Å². The molecule has 0 spiro atoms. The minimum atomic E-state index is -0.255. The van der Waals surface area contributed by atoms with Crippen LogP contribution in [0.15, 0.2) is 24.3 Å². The van der Waals surface area contributed by atoms with Gasteiger partial charge in [0.25, 0.3) is 5.91 Å². The van der Waals surface area contributed by atoms with Crippen LogP contribution in [0.2, 0.25) is 0 Å². The second-order valence-electron chi connectivity index (χ2n) is 8.89. The highest BCUT2D eigenvalue weighted by Crippen LogP contribution is 2.23. The molecule has 0 aliphatic carbocycles. The maximum Gasteiger partial charge on any atom is 0.310 e. The van der Waals surface area contributed by atoms with Gasteiger partial charge in [-0.15, -0.1) is 0 Å². The summed E-state index contributed by atoms with van der Waals surface area (Å²) in [6, 6.07) is 7.78. The molecule has 2 aromatic rings. The number of methoxy groups -OCH3 is 2. The number of rotatable bonds is 10. The number of hydrogen-bond donors (Lipinski definition) is 1. The molecule has 2 atom stereocenters. The Morgan fingerprint density at radius 1 is 1.22 bits per heavy atom. The van der Waals surface area contributed by atoms with E-state index < -0.39 is 0 Å². The maximum atomic E-state index is 13.9. The summed E-state index contributed by atoms with van der Waals surface area (Å²) in [5, 5.41) is 3.31. The van der Waals surface area contributed by atoms with E-state index in [0.717, 1.165) is 23.9 Å². The third kappa shape index (κ3) is 5.66. The lowest BCUT2D eigenvalue weighted by atomic mass is 9.94. The Balaban J connectivity index is 1.91. The van der Waals surface area contributed by atoms with Crippen molar-refractivity contribution in [2.24, 2.45) is 11.8 Å². The Morgan fingerprint density at radius 3 is 2.72 bits per heavy atom. The quantitative estimate of drug-likeness (QED) is 0.448. The Kier molecular flexibility index (Phi) is 8.64. The Labute approximate surface area is 190 Å². The number of para-hydroxylation sites is 2. The first kappa shape index (κ1) is 24.2. The fourth-order valence-corrected chi connectivity index (χ4v) is 4.40. The molecule has 1 aromatic heterocycles. The maximum absolute atomic E-state index is 13.9. The van der Waals surface area contributed by atoms with Gasteiger partial charge < -0.3 is 24.3 Å². The third-order valence-corrected chi connectivity index (χ3v) is 5.95. The highest BCUT2D eigenvalue weighted by atomic mass is 16.5. The van der Waals surface area contributed by atoms with Crippen molar-refractivity contribution in [2.75, 3.05) is 40.5 Å². The Morgan fingerprint density at radius 2 is 2.00 bits per heavy atom. The molecular formula is C24H36N4O4. The number of carbonyl (C=O) groups is 2. The van der Waals surface area contributed by atoms with Crippen molar-refractivity contribution in [3.05, 3.63) is 30.1 Å². The molecular weight excluding hydrogens is 408 g/mol. The Hall–Kier alpha value is -2.45. The van der Waals surface area contributed by atoms with Gasteiger partial charge in [0.05, 0.1) is 24.1 Å². The molecule has 0 saturated carbocycles. The number of hydrogen-bond acceptors (Lipinski definition) is 6. The summed E-state index contributed by atoms with van der Waals surface area (Å²) in [6.07, 6.45) is 2.40. The second kappa shape index (κ2) is 11.4. The number of benzene rings is 1. The van der Waals surface area contributed by atoms with Crippen LogP contribution in [0, 0.1) is 11.8 Å². The van der Waals surface area contributed by atoms with Gasteiger partial charge in [-0.25, -0.2) is 4.98 Å². The molecule has 1 amide bonds. The number of unbranched alkanes of at least 4 members (excludes halogenated alkanes) is 1. The smallest absolute Gasteiger partial charge is 0.310 e. The molecule has 1 aromatic carbocycles. The lowest BCUT2D eigenvalue weighted by molar-refractivity contribution is -0.146. The number of nitrogens with one attached hydrogen (secondary N) is 1. The number of ether oxygens (including phenoxy) is 2. The average molecular weight is 445 g/mol. The van der Waals surface area contributed by atoms with Crippen molar-refractivity contribution >= 4 is 22.9 Å². The van der Waals surface area contributed by atoms with Gasteiger partial charge in [0.1, 0.15) is 0 Å². The van der Waals surface area contributed by atoms with E-state index in [1.165, 1.54) is 7.11 Å². The van der Waals surface area contributed by atoms with Crippen LogP contribution in [0.25, 0.3) is 11.0 Å². The van der Waals surface area contributed by atoms with Crippen molar-refractivity contribution in [1.29, 1.82) is 0 Å². The molecule has 176 valence electrons. The fraction of sp³-hybridized carbons (Fsp3) is 0.625. The number of esters is 1. The highest BCUT2D eigenvalue weighted by Gasteiger charge is 2.35. The number of aryl methyl sites for hydroxylation is 1. The van der Waals surface area contributed by atoms with Gasteiger partial charge in [0, 0.05) is 45.9 Å². The summed E-state index contributed by atoms with van der Waals surface area (Å²) in [6.45, 7) is 7.42. The molecule has 1 aliphatic heterocycles. The molecule has 2 heterocycles. The van der Waals surface area contributed by atoms with Crippen molar-refractivity contribution in [3.8, 4) is 0 Å². The zero-order valence-corrected chi connectivity index (χ0v) is 19.7. The normalized spacial score (nSPS) is 18.8. The second-order valence-corrected chi connectivity index (χ2v) is 8.89. The standard InChI is InChI=1S/C24H36N4O4/c1-17(2)16-28(19-13-18(14-25-15-19)24(30)32-4)23(29)22-26-20-9-5-6-10-21(20)27(22)11-7-8-12-31-3/h5-6,9-10,17-19,25H,7-8,11-16H2,1-4H3/t18-,19?/m1/s1. The van der Waals surface area contributed by atoms with E-state index >= 15 is 0 Å². The van der Waals surface area contributed by atoms with Gasteiger partial charge in [-0.2, -0.15) is 0 Å². The van der Waals surface area contributed by atoms with E-state index in [2.05, 4.69) is 19.2 Å². The van der Waals surface area contributed by atoms with E-state index in [0.29, 0.717) is 45.0 Å². The summed E-state index contributed by atoms with van der Waals surface area (Å²) in [5.41, 5.74) is 1.79. The van der Waals surface area contributed by atoms with Gasteiger partial charge in [0.15, 0.2) is 5.82 Å². The summed E-state index contributed by atoms with van der Waals surface area (Å²) < 4.78 is 12.2. The summed E-state index contributed by atoms with van der Waals surface area (Å²) in [5.74, 6) is 0.180. The van der Waals surface area contributed by atoms with Crippen molar-refractivity contribution in [1.82, 2.24) is 19.8 Å². The number of carbonyl (C=O) groups excluding carboxylic acids is 2. The molecule has 1 N–H and O–H groups in total. The van der Waals surface area contributed by atoms with Crippen molar-refractivity contribution < 1.29 is 19.1 Å². The fourth-order valence-electron chi connectivity index (χ4n) is 4.40. The zero-order valence-electron chi connectivity index (χ0n) is 19.7. The lowest BCUT2D eigenvalue weighted by Crippen LogP contribution is -2.54. The number of aromatic nitrogens is 2. The van der Waals surface area contributed by atoms with Crippen LogP contribution >= 0.6 is 0 Å².